The molecule has 1 saturated heterocycles. The highest BCUT2D eigenvalue weighted by Crippen LogP contribution is 2.36. The molecular weight excluding hydrogens is 358 g/mol. The van der Waals surface area contributed by atoms with E-state index in [1.807, 2.05) is 4.90 Å². The first kappa shape index (κ1) is 20.6. The van der Waals surface area contributed by atoms with Crippen LogP contribution in [0.5, 0.6) is 0 Å². The molecule has 0 aromatic rings. The van der Waals surface area contributed by atoms with E-state index in [1.165, 1.54) is 6.42 Å². The van der Waals surface area contributed by atoms with Crippen molar-refractivity contribution in [2.45, 2.75) is 76.8 Å². The number of nitrogens with zero attached hydrogens (tertiary/aromatic N) is 2. The summed E-state index contributed by atoms with van der Waals surface area (Å²) in [6.45, 7) is 4.39. The average Bonchev–Trinajstić information content (AvgIpc) is 3.29. The number of ether oxygens (including phenoxy) is 1. The maximum Gasteiger partial charge on any atom is 0.311 e. The number of esters is 1. The van der Waals surface area contributed by atoms with Gasteiger partial charge in [-0.25, -0.2) is 0 Å². The zero-order valence-corrected chi connectivity index (χ0v) is 16.9. The van der Waals surface area contributed by atoms with Crippen LogP contribution in [0.2, 0.25) is 0 Å². The first-order valence-electron chi connectivity index (χ1n) is 10.5. The van der Waals surface area contributed by atoms with Crippen molar-refractivity contribution < 1.29 is 19.1 Å². The molecule has 1 heterocycles. The summed E-state index contributed by atoms with van der Waals surface area (Å²) >= 11 is 0. The van der Waals surface area contributed by atoms with E-state index in [1.54, 1.807) is 0 Å². The lowest BCUT2D eigenvalue weighted by Gasteiger charge is -2.39. The molecule has 3 aliphatic rings. The standard InChI is InChI=1S/C21H31N3O4/c1-14-6-5-7-17(15(14)2)24-11-16(10-19(24)26)20(27)28-12-18(25)23-21(13-22)8-3-4-9-21/h14-17H,3-12H2,1-2H3,(H,23,25)/t14-,15-,16-,17+/m1/s1. The predicted octanol–water partition coefficient (Wildman–Crippen LogP) is 2.16. The van der Waals surface area contributed by atoms with Gasteiger partial charge in [0.2, 0.25) is 5.91 Å². The van der Waals surface area contributed by atoms with Crippen molar-refractivity contribution in [1.29, 1.82) is 5.26 Å². The fourth-order valence-electron chi connectivity index (χ4n) is 5.00. The van der Waals surface area contributed by atoms with E-state index in [-0.39, 0.29) is 18.4 Å². The quantitative estimate of drug-likeness (QED) is 0.726. The fraction of sp³-hybridized carbons (Fsp3) is 0.810. The van der Waals surface area contributed by atoms with Gasteiger partial charge in [-0.2, -0.15) is 5.26 Å². The normalized spacial score (nSPS) is 32.0. The van der Waals surface area contributed by atoms with Gasteiger partial charge in [-0.05, 0) is 43.9 Å². The molecule has 3 fully saturated rings. The van der Waals surface area contributed by atoms with Crippen LogP contribution in [0.1, 0.15) is 65.2 Å². The van der Waals surface area contributed by atoms with Gasteiger partial charge in [0.15, 0.2) is 6.61 Å². The van der Waals surface area contributed by atoms with E-state index in [0.717, 1.165) is 25.7 Å². The number of nitrogens with one attached hydrogen (secondary N) is 1. The highest BCUT2D eigenvalue weighted by molar-refractivity contribution is 5.88. The van der Waals surface area contributed by atoms with Crippen LogP contribution in [0, 0.1) is 29.1 Å². The number of carbonyl (C=O) groups is 3. The molecule has 0 aromatic heterocycles. The van der Waals surface area contributed by atoms with E-state index in [0.29, 0.717) is 31.2 Å². The van der Waals surface area contributed by atoms with Crippen LogP contribution < -0.4 is 5.32 Å². The van der Waals surface area contributed by atoms with Gasteiger partial charge in [0, 0.05) is 19.0 Å². The van der Waals surface area contributed by atoms with Gasteiger partial charge < -0.3 is 15.0 Å². The SMILES string of the molecule is C[C@@H]1[C@H](C)CCC[C@@H]1N1C[C@H](C(=O)OCC(=O)NC2(C#N)CCCC2)CC1=O. The molecule has 0 unspecified atom stereocenters. The first-order chi connectivity index (χ1) is 13.3. The van der Waals surface area contributed by atoms with Crippen LogP contribution in [0.4, 0.5) is 0 Å². The van der Waals surface area contributed by atoms with Gasteiger partial charge in [0.25, 0.3) is 5.91 Å². The first-order valence-corrected chi connectivity index (χ1v) is 10.5. The summed E-state index contributed by atoms with van der Waals surface area (Å²) in [6, 6.07) is 2.37. The lowest BCUT2D eigenvalue weighted by atomic mass is 9.77. The Bertz CT molecular complexity index is 665. The van der Waals surface area contributed by atoms with E-state index >= 15 is 0 Å². The van der Waals surface area contributed by atoms with Crippen molar-refractivity contribution >= 4 is 17.8 Å². The molecule has 2 aliphatic carbocycles. The van der Waals surface area contributed by atoms with Crippen molar-refractivity contribution in [1.82, 2.24) is 10.2 Å². The summed E-state index contributed by atoms with van der Waals surface area (Å²) in [5, 5.41) is 12.0. The maximum atomic E-state index is 12.5. The monoisotopic (exact) mass is 389 g/mol. The summed E-state index contributed by atoms with van der Waals surface area (Å²) in [6.07, 6.45) is 6.51. The summed E-state index contributed by atoms with van der Waals surface area (Å²) < 4.78 is 5.18. The Morgan fingerprint density at radius 3 is 2.64 bits per heavy atom. The highest BCUT2D eigenvalue weighted by Gasteiger charge is 2.42. The molecule has 1 N–H and O–H groups in total. The van der Waals surface area contributed by atoms with E-state index in [9.17, 15) is 19.6 Å². The molecule has 3 rings (SSSR count). The smallest absolute Gasteiger partial charge is 0.311 e. The largest absolute Gasteiger partial charge is 0.455 e. The number of amides is 2. The minimum absolute atomic E-state index is 0.00624. The molecule has 2 saturated carbocycles. The third-order valence-electron chi connectivity index (χ3n) is 6.95. The number of hydrogen-bond acceptors (Lipinski definition) is 5. The Morgan fingerprint density at radius 2 is 1.96 bits per heavy atom. The molecule has 1 aliphatic heterocycles. The van der Waals surface area contributed by atoms with Gasteiger partial charge in [-0.15, -0.1) is 0 Å². The number of hydrogen-bond donors (Lipinski definition) is 1. The Hall–Kier alpha value is -2.10. The molecule has 7 heteroatoms. The summed E-state index contributed by atoms with van der Waals surface area (Å²) in [5.41, 5.74) is -0.822. The third kappa shape index (κ3) is 4.31. The molecule has 0 aromatic carbocycles. The second-order valence-corrected chi connectivity index (χ2v) is 8.84. The van der Waals surface area contributed by atoms with Crippen LogP contribution >= 0.6 is 0 Å². The van der Waals surface area contributed by atoms with Crippen LogP contribution in [-0.2, 0) is 19.1 Å². The van der Waals surface area contributed by atoms with Gasteiger partial charge in [-0.1, -0.05) is 26.7 Å². The van der Waals surface area contributed by atoms with Crippen LogP contribution in [0.3, 0.4) is 0 Å². The predicted molar refractivity (Wildman–Crippen MR) is 102 cm³/mol. The van der Waals surface area contributed by atoms with Crippen molar-refractivity contribution in [2.24, 2.45) is 17.8 Å². The Balaban J connectivity index is 1.49. The molecular formula is C21H31N3O4. The van der Waals surface area contributed by atoms with Gasteiger partial charge in [-0.3, -0.25) is 14.4 Å². The van der Waals surface area contributed by atoms with Crippen molar-refractivity contribution in [3.63, 3.8) is 0 Å². The van der Waals surface area contributed by atoms with E-state index < -0.39 is 29.9 Å². The third-order valence-corrected chi connectivity index (χ3v) is 6.95. The molecule has 0 radical (unpaired) electrons. The minimum atomic E-state index is -0.822. The van der Waals surface area contributed by atoms with Gasteiger partial charge in [0.1, 0.15) is 5.54 Å². The molecule has 7 nitrogen and oxygen atoms in total. The Morgan fingerprint density at radius 1 is 1.25 bits per heavy atom. The fourth-order valence-corrected chi connectivity index (χ4v) is 5.00. The second kappa shape index (κ2) is 8.50. The zero-order valence-electron chi connectivity index (χ0n) is 16.9. The van der Waals surface area contributed by atoms with E-state index in [4.69, 9.17) is 4.74 Å². The van der Waals surface area contributed by atoms with Crippen molar-refractivity contribution in [3.05, 3.63) is 0 Å². The minimum Gasteiger partial charge on any atom is -0.455 e. The number of carbonyl (C=O) groups excluding carboxylic acids is 3. The lowest BCUT2D eigenvalue weighted by Crippen LogP contribution is -2.47. The van der Waals surface area contributed by atoms with Gasteiger partial charge in [0.05, 0.1) is 12.0 Å². The molecule has 0 spiro atoms. The summed E-state index contributed by atoms with van der Waals surface area (Å²) in [7, 11) is 0. The molecule has 0 bridgehead atoms. The topological polar surface area (TPSA) is 99.5 Å². The highest BCUT2D eigenvalue weighted by atomic mass is 16.5. The second-order valence-electron chi connectivity index (χ2n) is 8.84. The molecule has 4 atom stereocenters. The Kier molecular flexibility index (Phi) is 6.26. The van der Waals surface area contributed by atoms with Gasteiger partial charge >= 0.3 is 5.97 Å². The number of rotatable bonds is 5. The average molecular weight is 389 g/mol. The van der Waals surface area contributed by atoms with Crippen LogP contribution in [-0.4, -0.2) is 47.4 Å². The summed E-state index contributed by atoms with van der Waals surface area (Å²) in [4.78, 5) is 38.9. The maximum absolute atomic E-state index is 12.5. The van der Waals surface area contributed by atoms with E-state index in [2.05, 4.69) is 25.2 Å². The zero-order chi connectivity index (χ0) is 20.3. The van der Waals surface area contributed by atoms with Crippen LogP contribution in [0.25, 0.3) is 0 Å². The van der Waals surface area contributed by atoms with Crippen molar-refractivity contribution in [2.75, 3.05) is 13.2 Å². The molecule has 2 amide bonds. The summed E-state index contributed by atoms with van der Waals surface area (Å²) in [5.74, 6) is -0.461. The Labute approximate surface area is 166 Å². The van der Waals surface area contributed by atoms with Crippen LogP contribution in [0.15, 0.2) is 0 Å². The van der Waals surface area contributed by atoms with Crippen molar-refractivity contribution in [3.8, 4) is 6.07 Å². The molecule has 28 heavy (non-hydrogen) atoms. The number of likely N-dealkylation sites (tertiary alicyclic amines) is 1. The molecule has 154 valence electrons. The number of nitriles is 1. The lowest BCUT2D eigenvalue weighted by molar-refractivity contribution is -0.152.